The third-order valence-corrected chi connectivity index (χ3v) is 4.15. The van der Waals surface area contributed by atoms with Crippen molar-refractivity contribution in [2.45, 2.75) is 38.3 Å². The van der Waals surface area contributed by atoms with Crippen LogP contribution in [-0.2, 0) is 0 Å². The summed E-state index contributed by atoms with van der Waals surface area (Å²) in [6.07, 6.45) is 2.88. The molecule has 2 aliphatic rings. The maximum absolute atomic E-state index is 11.9. The molecule has 1 saturated heterocycles. The summed E-state index contributed by atoms with van der Waals surface area (Å²) < 4.78 is 0. The minimum atomic E-state index is -0.286. The third kappa shape index (κ3) is 3.64. The van der Waals surface area contributed by atoms with Crippen molar-refractivity contribution in [1.82, 2.24) is 10.3 Å². The molecule has 6 nitrogen and oxygen atoms in total. The highest BCUT2D eigenvalue weighted by atomic mass is 16.3. The van der Waals surface area contributed by atoms with Gasteiger partial charge in [-0.25, -0.2) is 9.78 Å². The van der Waals surface area contributed by atoms with Gasteiger partial charge in [-0.2, -0.15) is 0 Å². The largest absolute Gasteiger partial charge is 0.391 e. The Bertz CT molecular complexity index is 518. The Labute approximate surface area is 124 Å². The number of β-amino-alcohol motifs (C(OH)–C–C–N with tert-alkyl or cyclic N) is 1. The Morgan fingerprint density at radius 2 is 2.24 bits per heavy atom. The molecule has 0 aromatic carbocycles. The number of carbonyl (C=O) groups is 1. The van der Waals surface area contributed by atoms with Crippen molar-refractivity contribution in [2.24, 2.45) is 5.92 Å². The summed E-state index contributed by atoms with van der Waals surface area (Å²) in [5, 5.41) is 15.3. The van der Waals surface area contributed by atoms with Gasteiger partial charge in [0.2, 0.25) is 0 Å². The van der Waals surface area contributed by atoms with Crippen molar-refractivity contribution < 1.29 is 9.90 Å². The summed E-state index contributed by atoms with van der Waals surface area (Å²) in [4.78, 5) is 18.4. The number of nitrogens with one attached hydrogen (secondary N) is 2. The van der Waals surface area contributed by atoms with E-state index in [2.05, 4.69) is 15.6 Å². The van der Waals surface area contributed by atoms with Crippen LogP contribution < -0.4 is 15.5 Å². The van der Waals surface area contributed by atoms with Gasteiger partial charge in [-0.05, 0) is 44.2 Å². The second-order valence-electron chi connectivity index (χ2n) is 5.99. The standard InChI is InChI=1S/C15H22N4O2/c1-10(11-5-6-11)16-15(21)18-13-3-2-4-14(17-13)19-8-7-12(20)9-19/h2-4,10-12,20H,5-9H2,1H3,(H2,16,17,18,21)/t10-,12+/m0/s1. The lowest BCUT2D eigenvalue weighted by atomic mass is 10.2. The number of rotatable bonds is 4. The van der Waals surface area contributed by atoms with Crippen LogP contribution in [0.2, 0.25) is 0 Å². The van der Waals surface area contributed by atoms with Crippen LogP contribution in [0.25, 0.3) is 0 Å². The van der Waals surface area contributed by atoms with Crippen LogP contribution >= 0.6 is 0 Å². The SMILES string of the molecule is C[C@H](NC(=O)Nc1cccc(N2CC[C@@H](O)C2)n1)C1CC1. The van der Waals surface area contributed by atoms with Crippen molar-refractivity contribution in [3.63, 3.8) is 0 Å². The van der Waals surface area contributed by atoms with Crippen LogP contribution in [0.5, 0.6) is 0 Å². The fraction of sp³-hybridized carbons (Fsp3) is 0.600. The summed E-state index contributed by atoms with van der Waals surface area (Å²) in [5.41, 5.74) is 0. The minimum absolute atomic E-state index is 0.208. The monoisotopic (exact) mass is 290 g/mol. The maximum Gasteiger partial charge on any atom is 0.320 e. The quantitative estimate of drug-likeness (QED) is 0.786. The van der Waals surface area contributed by atoms with Gasteiger partial charge in [-0.15, -0.1) is 0 Å². The molecule has 1 aliphatic heterocycles. The molecular formula is C15H22N4O2. The summed E-state index contributed by atoms with van der Waals surface area (Å²) >= 11 is 0. The molecule has 2 amide bonds. The van der Waals surface area contributed by atoms with E-state index in [-0.39, 0.29) is 18.2 Å². The van der Waals surface area contributed by atoms with E-state index in [1.165, 1.54) is 12.8 Å². The highest BCUT2D eigenvalue weighted by molar-refractivity contribution is 5.88. The topological polar surface area (TPSA) is 77.5 Å². The number of amides is 2. The average Bonchev–Trinajstić information content (AvgIpc) is 3.21. The third-order valence-electron chi connectivity index (χ3n) is 4.15. The first kappa shape index (κ1) is 14.1. The number of urea groups is 1. The molecule has 3 N–H and O–H groups in total. The van der Waals surface area contributed by atoms with E-state index in [4.69, 9.17) is 0 Å². The van der Waals surface area contributed by atoms with Crippen LogP contribution in [0, 0.1) is 5.92 Å². The van der Waals surface area contributed by atoms with Gasteiger partial charge in [0.1, 0.15) is 11.6 Å². The summed E-state index contributed by atoms with van der Waals surface area (Å²) in [6.45, 7) is 3.43. The molecule has 6 heteroatoms. The fourth-order valence-corrected chi connectivity index (χ4v) is 2.69. The molecule has 114 valence electrons. The number of hydrogen-bond donors (Lipinski definition) is 3. The van der Waals surface area contributed by atoms with Gasteiger partial charge in [0.25, 0.3) is 0 Å². The van der Waals surface area contributed by atoms with Crippen molar-refractivity contribution in [2.75, 3.05) is 23.3 Å². The first-order valence-corrected chi connectivity index (χ1v) is 7.59. The molecule has 2 heterocycles. The van der Waals surface area contributed by atoms with Crippen molar-refractivity contribution in [3.8, 4) is 0 Å². The number of hydrogen-bond acceptors (Lipinski definition) is 4. The van der Waals surface area contributed by atoms with Crippen LogP contribution in [0.3, 0.4) is 0 Å². The zero-order valence-electron chi connectivity index (χ0n) is 12.2. The molecule has 21 heavy (non-hydrogen) atoms. The molecule has 3 rings (SSSR count). The Hall–Kier alpha value is -1.82. The number of carbonyl (C=O) groups excluding carboxylic acids is 1. The molecule has 1 saturated carbocycles. The lowest BCUT2D eigenvalue weighted by molar-refractivity contribution is 0.198. The van der Waals surface area contributed by atoms with Gasteiger partial charge >= 0.3 is 6.03 Å². The molecule has 0 radical (unpaired) electrons. The second kappa shape index (κ2) is 5.89. The first-order chi connectivity index (χ1) is 10.1. The molecule has 1 aromatic heterocycles. The first-order valence-electron chi connectivity index (χ1n) is 7.59. The van der Waals surface area contributed by atoms with Gasteiger partial charge < -0.3 is 15.3 Å². The number of nitrogens with zero attached hydrogens (tertiary/aromatic N) is 2. The minimum Gasteiger partial charge on any atom is -0.391 e. The van der Waals surface area contributed by atoms with E-state index in [9.17, 15) is 9.90 Å². The number of aliphatic hydroxyl groups excluding tert-OH is 1. The Kier molecular flexibility index (Phi) is 3.96. The normalized spacial score (nSPS) is 23.0. The zero-order chi connectivity index (χ0) is 14.8. The van der Waals surface area contributed by atoms with E-state index >= 15 is 0 Å². The number of anilines is 2. The summed E-state index contributed by atoms with van der Waals surface area (Å²) in [7, 11) is 0. The highest BCUT2D eigenvalue weighted by Crippen LogP contribution is 2.32. The maximum atomic E-state index is 11.9. The lowest BCUT2D eigenvalue weighted by Gasteiger charge is -2.18. The number of aromatic nitrogens is 1. The van der Waals surface area contributed by atoms with Crippen LogP contribution in [0.4, 0.5) is 16.4 Å². The highest BCUT2D eigenvalue weighted by Gasteiger charge is 2.29. The number of pyridine rings is 1. The van der Waals surface area contributed by atoms with Crippen molar-refractivity contribution >= 4 is 17.7 Å². The van der Waals surface area contributed by atoms with Crippen LogP contribution in [-0.4, -0.2) is 41.4 Å². The van der Waals surface area contributed by atoms with Gasteiger partial charge in [0.05, 0.1) is 6.10 Å². The molecule has 1 aromatic rings. The van der Waals surface area contributed by atoms with Gasteiger partial charge in [0, 0.05) is 19.1 Å². The van der Waals surface area contributed by atoms with Crippen molar-refractivity contribution in [1.29, 1.82) is 0 Å². The lowest BCUT2D eigenvalue weighted by Crippen LogP contribution is -2.37. The van der Waals surface area contributed by atoms with Crippen LogP contribution in [0.15, 0.2) is 18.2 Å². The smallest absolute Gasteiger partial charge is 0.320 e. The molecule has 2 fully saturated rings. The Morgan fingerprint density at radius 1 is 1.43 bits per heavy atom. The molecule has 2 atom stereocenters. The van der Waals surface area contributed by atoms with Crippen molar-refractivity contribution in [3.05, 3.63) is 18.2 Å². The predicted octanol–water partition coefficient (Wildman–Crippen LogP) is 1.57. The van der Waals surface area contributed by atoms with Gasteiger partial charge in [-0.3, -0.25) is 5.32 Å². The zero-order valence-corrected chi connectivity index (χ0v) is 12.2. The summed E-state index contributed by atoms with van der Waals surface area (Å²) in [5.74, 6) is 1.95. The second-order valence-corrected chi connectivity index (χ2v) is 5.99. The fourth-order valence-electron chi connectivity index (χ4n) is 2.69. The molecule has 0 bridgehead atoms. The average molecular weight is 290 g/mol. The number of aliphatic hydroxyl groups is 1. The van der Waals surface area contributed by atoms with E-state index in [1.54, 1.807) is 6.07 Å². The molecular weight excluding hydrogens is 268 g/mol. The summed E-state index contributed by atoms with van der Waals surface area (Å²) in [6, 6.07) is 5.54. The van der Waals surface area contributed by atoms with E-state index in [1.807, 2.05) is 24.0 Å². The molecule has 0 unspecified atom stereocenters. The predicted molar refractivity (Wildman–Crippen MR) is 81.4 cm³/mol. The van der Waals surface area contributed by atoms with E-state index < -0.39 is 0 Å². The van der Waals surface area contributed by atoms with E-state index in [0.717, 1.165) is 18.8 Å². The molecule has 0 spiro atoms. The molecule has 1 aliphatic carbocycles. The van der Waals surface area contributed by atoms with E-state index in [0.29, 0.717) is 18.3 Å². The van der Waals surface area contributed by atoms with Gasteiger partial charge in [0.15, 0.2) is 0 Å². The Balaban J connectivity index is 1.58. The van der Waals surface area contributed by atoms with Gasteiger partial charge in [-0.1, -0.05) is 6.07 Å². The Morgan fingerprint density at radius 3 is 2.90 bits per heavy atom. The van der Waals surface area contributed by atoms with Crippen LogP contribution in [0.1, 0.15) is 26.2 Å².